The van der Waals surface area contributed by atoms with E-state index in [9.17, 15) is 4.79 Å². The molecule has 1 aromatic heterocycles. The summed E-state index contributed by atoms with van der Waals surface area (Å²) < 4.78 is 0. The van der Waals surface area contributed by atoms with Gasteiger partial charge in [0.15, 0.2) is 5.78 Å². The Morgan fingerprint density at radius 3 is 2.50 bits per heavy atom. The first-order valence-electron chi connectivity index (χ1n) is 8.63. The third-order valence-electron chi connectivity index (χ3n) is 4.01. The maximum atomic E-state index is 11.6. The normalized spacial score (nSPS) is 10.4. The lowest BCUT2D eigenvalue weighted by atomic mass is 10.1. The summed E-state index contributed by atoms with van der Waals surface area (Å²) in [6.45, 7) is 6.33. The van der Waals surface area contributed by atoms with Crippen molar-refractivity contribution in [3.8, 4) is 0 Å². The molecule has 1 heterocycles. The minimum Gasteiger partial charge on any atom is -0.340 e. The predicted octanol–water partition coefficient (Wildman–Crippen LogP) is 4.89. The molecule has 5 heteroatoms. The van der Waals surface area contributed by atoms with Crippen molar-refractivity contribution in [2.24, 2.45) is 0 Å². The predicted molar refractivity (Wildman–Crippen MR) is 106 cm³/mol. The highest BCUT2D eigenvalue weighted by Crippen LogP contribution is 2.24. The van der Waals surface area contributed by atoms with Gasteiger partial charge >= 0.3 is 0 Å². The number of Topliss-reactive ketones (excluding diaryl/α,β-unsaturated/α-hetero) is 1. The molecule has 0 spiro atoms. The van der Waals surface area contributed by atoms with Gasteiger partial charge in [0.25, 0.3) is 0 Å². The monoisotopic (exact) mass is 346 g/mol. The van der Waals surface area contributed by atoms with Crippen LogP contribution in [-0.2, 0) is 0 Å². The first-order chi connectivity index (χ1) is 12.6. The van der Waals surface area contributed by atoms with Crippen molar-refractivity contribution in [2.75, 3.05) is 16.8 Å². The van der Waals surface area contributed by atoms with Gasteiger partial charge in [-0.05, 0) is 45.0 Å². The Bertz CT molecular complexity index is 909. The van der Waals surface area contributed by atoms with E-state index in [0.29, 0.717) is 17.3 Å². The van der Waals surface area contributed by atoms with E-state index in [-0.39, 0.29) is 5.78 Å². The standard InChI is InChI=1S/C21H22N4O/c1-4-25(19-11-6-5-7-12-19)21-22-15(2)13-20(24-21)23-18-10-8-9-17(14-18)16(3)26/h5-14H,4H2,1-3H3,(H,22,23,24). The summed E-state index contributed by atoms with van der Waals surface area (Å²) in [5.74, 6) is 1.38. The van der Waals surface area contributed by atoms with Gasteiger partial charge in [0.05, 0.1) is 0 Å². The van der Waals surface area contributed by atoms with E-state index >= 15 is 0 Å². The zero-order valence-corrected chi connectivity index (χ0v) is 15.2. The summed E-state index contributed by atoms with van der Waals surface area (Å²) in [6.07, 6.45) is 0. The van der Waals surface area contributed by atoms with Gasteiger partial charge in [0.1, 0.15) is 5.82 Å². The molecule has 1 N–H and O–H groups in total. The van der Waals surface area contributed by atoms with E-state index in [2.05, 4.69) is 27.1 Å². The van der Waals surface area contributed by atoms with Crippen LogP contribution in [0.3, 0.4) is 0 Å². The van der Waals surface area contributed by atoms with Crippen molar-refractivity contribution in [2.45, 2.75) is 20.8 Å². The van der Waals surface area contributed by atoms with Gasteiger partial charge in [0, 0.05) is 35.2 Å². The number of carbonyl (C=O) groups is 1. The number of carbonyl (C=O) groups excluding carboxylic acids is 1. The number of para-hydroxylation sites is 1. The molecule has 0 bridgehead atoms. The van der Waals surface area contributed by atoms with Gasteiger partial charge in [-0.25, -0.2) is 4.98 Å². The molecule has 3 rings (SSSR count). The highest BCUT2D eigenvalue weighted by atomic mass is 16.1. The molecule has 0 amide bonds. The van der Waals surface area contributed by atoms with Gasteiger partial charge in [-0.2, -0.15) is 4.98 Å². The second-order valence-corrected chi connectivity index (χ2v) is 6.04. The second kappa shape index (κ2) is 7.78. The summed E-state index contributed by atoms with van der Waals surface area (Å²) >= 11 is 0. The molecule has 3 aromatic rings. The van der Waals surface area contributed by atoms with Crippen LogP contribution in [0.15, 0.2) is 60.7 Å². The number of nitrogens with zero attached hydrogens (tertiary/aromatic N) is 3. The molecule has 0 aliphatic heterocycles. The lowest BCUT2D eigenvalue weighted by Crippen LogP contribution is -2.19. The molecular formula is C21H22N4O. The molecule has 2 aromatic carbocycles. The molecular weight excluding hydrogens is 324 g/mol. The third-order valence-corrected chi connectivity index (χ3v) is 4.01. The summed E-state index contributed by atoms with van der Waals surface area (Å²) in [6, 6.07) is 19.4. The number of nitrogens with one attached hydrogen (secondary N) is 1. The molecule has 0 saturated carbocycles. The largest absolute Gasteiger partial charge is 0.340 e. The van der Waals surface area contributed by atoms with E-state index in [1.54, 1.807) is 13.0 Å². The van der Waals surface area contributed by atoms with Crippen molar-refractivity contribution in [1.29, 1.82) is 0 Å². The highest BCUT2D eigenvalue weighted by molar-refractivity contribution is 5.95. The van der Waals surface area contributed by atoms with Crippen LogP contribution in [0.25, 0.3) is 0 Å². The number of aromatic nitrogens is 2. The average molecular weight is 346 g/mol. The Morgan fingerprint density at radius 2 is 1.81 bits per heavy atom. The maximum absolute atomic E-state index is 11.6. The summed E-state index contributed by atoms with van der Waals surface area (Å²) in [5.41, 5.74) is 3.41. The summed E-state index contributed by atoms with van der Waals surface area (Å²) in [7, 11) is 0. The number of hydrogen-bond donors (Lipinski definition) is 1. The number of hydrogen-bond acceptors (Lipinski definition) is 5. The Balaban J connectivity index is 1.92. The Labute approximate surface area is 153 Å². The molecule has 5 nitrogen and oxygen atoms in total. The van der Waals surface area contributed by atoms with Gasteiger partial charge < -0.3 is 10.2 Å². The quantitative estimate of drug-likeness (QED) is 0.644. The van der Waals surface area contributed by atoms with Crippen LogP contribution in [0.1, 0.15) is 29.9 Å². The third kappa shape index (κ3) is 4.06. The van der Waals surface area contributed by atoms with Crippen LogP contribution >= 0.6 is 0 Å². The van der Waals surface area contributed by atoms with E-state index in [4.69, 9.17) is 0 Å². The minimum absolute atomic E-state index is 0.0365. The van der Waals surface area contributed by atoms with E-state index in [0.717, 1.165) is 23.6 Å². The van der Waals surface area contributed by atoms with Gasteiger partial charge in [-0.3, -0.25) is 4.79 Å². The highest BCUT2D eigenvalue weighted by Gasteiger charge is 2.12. The first-order valence-corrected chi connectivity index (χ1v) is 8.63. The zero-order chi connectivity index (χ0) is 18.5. The van der Waals surface area contributed by atoms with Crippen molar-refractivity contribution < 1.29 is 4.79 Å². The average Bonchev–Trinajstić information content (AvgIpc) is 2.63. The molecule has 0 radical (unpaired) electrons. The van der Waals surface area contributed by atoms with Crippen molar-refractivity contribution in [3.05, 3.63) is 71.9 Å². The summed E-state index contributed by atoms with van der Waals surface area (Å²) in [4.78, 5) is 22.9. The van der Waals surface area contributed by atoms with E-state index in [1.807, 2.05) is 61.5 Å². The molecule has 0 unspecified atom stereocenters. The smallest absolute Gasteiger partial charge is 0.232 e. The molecule has 0 aliphatic carbocycles. The minimum atomic E-state index is 0.0365. The SMILES string of the molecule is CCN(c1ccccc1)c1nc(C)cc(Nc2cccc(C(C)=O)c2)n1. The molecule has 0 saturated heterocycles. The van der Waals surface area contributed by atoms with Gasteiger partial charge in [-0.1, -0.05) is 30.3 Å². The summed E-state index contributed by atoms with van der Waals surface area (Å²) in [5, 5.41) is 3.28. The number of ketones is 1. The van der Waals surface area contributed by atoms with Crippen LogP contribution < -0.4 is 10.2 Å². The van der Waals surface area contributed by atoms with E-state index < -0.39 is 0 Å². The first kappa shape index (κ1) is 17.6. The fourth-order valence-corrected chi connectivity index (χ4v) is 2.75. The van der Waals surface area contributed by atoms with Crippen LogP contribution in [0, 0.1) is 6.92 Å². The molecule has 0 aliphatic rings. The van der Waals surface area contributed by atoms with Crippen LogP contribution in [0.4, 0.5) is 23.1 Å². The van der Waals surface area contributed by atoms with Crippen molar-refractivity contribution >= 4 is 28.9 Å². The number of benzene rings is 2. The van der Waals surface area contributed by atoms with Crippen LogP contribution in [0.5, 0.6) is 0 Å². The van der Waals surface area contributed by atoms with Gasteiger partial charge in [0.2, 0.25) is 5.95 Å². The zero-order valence-electron chi connectivity index (χ0n) is 15.2. The molecule has 132 valence electrons. The fraction of sp³-hybridized carbons (Fsp3) is 0.190. The fourth-order valence-electron chi connectivity index (χ4n) is 2.75. The van der Waals surface area contributed by atoms with Crippen LogP contribution in [-0.4, -0.2) is 22.3 Å². The van der Waals surface area contributed by atoms with Crippen LogP contribution in [0.2, 0.25) is 0 Å². The van der Waals surface area contributed by atoms with Gasteiger partial charge in [-0.15, -0.1) is 0 Å². The topological polar surface area (TPSA) is 58.1 Å². The number of aryl methyl sites for hydroxylation is 1. The van der Waals surface area contributed by atoms with E-state index in [1.165, 1.54) is 0 Å². The molecule has 26 heavy (non-hydrogen) atoms. The van der Waals surface area contributed by atoms with Crippen molar-refractivity contribution in [1.82, 2.24) is 9.97 Å². The number of anilines is 4. The second-order valence-electron chi connectivity index (χ2n) is 6.04. The lowest BCUT2D eigenvalue weighted by molar-refractivity contribution is 0.101. The molecule has 0 fully saturated rings. The molecule has 0 atom stereocenters. The number of rotatable bonds is 6. The maximum Gasteiger partial charge on any atom is 0.232 e. The Morgan fingerprint density at radius 1 is 1.04 bits per heavy atom. The van der Waals surface area contributed by atoms with Crippen molar-refractivity contribution in [3.63, 3.8) is 0 Å². The lowest BCUT2D eigenvalue weighted by Gasteiger charge is -2.22. The Hall–Kier alpha value is -3.21. The Kier molecular flexibility index (Phi) is 5.27.